The Morgan fingerprint density at radius 3 is 2.64 bits per heavy atom. The van der Waals surface area contributed by atoms with Gasteiger partial charge in [-0.2, -0.15) is 0 Å². The van der Waals surface area contributed by atoms with E-state index in [1.54, 1.807) is 6.20 Å². The van der Waals surface area contributed by atoms with Crippen LogP contribution in [0.3, 0.4) is 0 Å². The lowest BCUT2D eigenvalue weighted by atomic mass is 9.85. The normalized spacial score (nSPS) is 16.0. The second kappa shape index (κ2) is 3.09. The number of fused-ring (bicyclic) bond motifs is 1. The number of allylic oxidation sites excluding steroid dienone is 1. The molecule has 1 aliphatic rings. The van der Waals surface area contributed by atoms with Crippen LogP contribution in [0.1, 0.15) is 31.9 Å². The monoisotopic (exact) mass is 207 g/mol. The molecule has 0 amide bonds. The highest BCUT2D eigenvalue weighted by Crippen LogP contribution is 2.43. The number of pyridine rings is 1. The Kier molecular flexibility index (Phi) is 2.15. The third kappa shape index (κ3) is 1.46. The summed E-state index contributed by atoms with van der Waals surface area (Å²) in [6, 6.07) is 2.00. The van der Waals surface area contributed by atoms with Gasteiger partial charge in [-0.3, -0.25) is 4.98 Å². The summed E-state index contributed by atoms with van der Waals surface area (Å²) in [6.45, 7) is 6.60. The minimum atomic E-state index is 0.149. The second-order valence-electron chi connectivity index (χ2n) is 4.75. The molecule has 0 bridgehead atoms. The Balaban J connectivity index is 2.50. The molecule has 0 saturated heterocycles. The Labute approximate surface area is 89.8 Å². The summed E-state index contributed by atoms with van der Waals surface area (Å²) in [5.41, 5.74) is 3.88. The number of rotatable bonds is 0. The van der Waals surface area contributed by atoms with Crippen molar-refractivity contribution in [2.45, 2.75) is 27.2 Å². The lowest BCUT2D eigenvalue weighted by Crippen LogP contribution is -2.09. The maximum absolute atomic E-state index is 6.35. The van der Waals surface area contributed by atoms with Crippen LogP contribution in [0.15, 0.2) is 24.0 Å². The van der Waals surface area contributed by atoms with E-state index in [-0.39, 0.29) is 5.41 Å². The van der Waals surface area contributed by atoms with Crippen molar-refractivity contribution in [3.63, 3.8) is 0 Å². The molecule has 1 nitrogen and oxygen atoms in total. The molecule has 0 radical (unpaired) electrons. The molecule has 74 valence electrons. The van der Waals surface area contributed by atoms with Gasteiger partial charge in [0.2, 0.25) is 0 Å². The molecule has 0 N–H and O–H groups in total. The first-order chi connectivity index (χ1) is 6.50. The van der Waals surface area contributed by atoms with Gasteiger partial charge >= 0.3 is 0 Å². The van der Waals surface area contributed by atoms with Crippen molar-refractivity contribution in [1.82, 2.24) is 4.98 Å². The molecule has 1 aromatic heterocycles. The van der Waals surface area contributed by atoms with E-state index >= 15 is 0 Å². The smallest absolute Gasteiger partial charge is 0.0483 e. The molecule has 0 saturated carbocycles. The van der Waals surface area contributed by atoms with Crippen LogP contribution in [0.25, 0.3) is 5.03 Å². The van der Waals surface area contributed by atoms with Crippen LogP contribution in [-0.4, -0.2) is 4.98 Å². The fourth-order valence-electron chi connectivity index (χ4n) is 1.81. The lowest BCUT2D eigenvalue weighted by molar-refractivity contribution is 0.498. The van der Waals surface area contributed by atoms with E-state index in [4.69, 9.17) is 11.6 Å². The molecule has 1 aromatic rings. The first kappa shape index (κ1) is 9.72. The zero-order valence-corrected chi connectivity index (χ0v) is 9.52. The third-order valence-corrected chi connectivity index (χ3v) is 3.11. The van der Waals surface area contributed by atoms with Crippen molar-refractivity contribution in [2.75, 3.05) is 0 Å². The lowest BCUT2D eigenvalue weighted by Gasteiger charge is -2.20. The van der Waals surface area contributed by atoms with E-state index < -0.39 is 0 Å². The molecule has 0 aromatic carbocycles. The second-order valence-corrected chi connectivity index (χ2v) is 5.13. The Morgan fingerprint density at radius 1 is 1.36 bits per heavy atom. The molecule has 0 atom stereocenters. The topological polar surface area (TPSA) is 12.9 Å². The van der Waals surface area contributed by atoms with Crippen molar-refractivity contribution in [2.24, 2.45) is 5.41 Å². The van der Waals surface area contributed by atoms with Crippen molar-refractivity contribution in [3.05, 3.63) is 35.2 Å². The van der Waals surface area contributed by atoms with Gasteiger partial charge in [0.05, 0.1) is 0 Å². The zero-order valence-electron chi connectivity index (χ0n) is 8.76. The predicted octanol–water partition coefficient (Wildman–Crippen LogP) is 3.63. The minimum Gasteiger partial charge on any atom is -0.264 e. The molecule has 0 fully saturated rings. The van der Waals surface area contributed by atoms with Crippen LogP contribution in [0.2, 0.25) is 0 Å². The number of aromatic nitrogens is 1. The van der Waals surface area contributed by atoms with Gasteiger partial charge in [0.15, 0.2) is 0 Å². The van der Waals surface area contributed by atoms with E-state index in [1.807, 2.05) is 12.3 Å². The van der Waals surface area contributed by atoms with Crippen molar-refractivity contribution in [1.29, 1.82) is 0 Å². The van der Waals surface area contributed by atoms with Gasteiger partial charge in [-0.1, -0.05) is 32.4 Å². The van der Waals surface area contributed by atoms with Gasteiger partial charge in [-0.05, 0) is 34.6 Å². The van der Waals surface area contributed by atoms with E-state index in [1.165, 1.54) is 11.1 Å². The molecular formula is C12H14ClN. The number of hydrogen-bond donors (Lipinski definition) is 0. The summed E-state index contributed by atoms with van der Waals surface area (Å²) in [5.74, 6) is 0. The zero-order chi connectivity index (χ0) is 10.3. The van der Waals surface area contributed by atoms with Crippen LogP contribution in [-0.2, 0) is 6.42 Å². The van der Waals surface area contributed by atoms with Gasteiger partial charge in [0, 0.05) is 17.4 Å². The standard InChI is InChI=1S/C12H14ClN/c1-12(2,3)10-6-8-7-14-5-4-9(8)11(10)13/h4-5,7H,6H2,1-3H3. The number of hydrogen-bond acceptors (Lipinski definition) is 1. The van der Waals surface area contributed by atoms with Crippen LogP contribution < -0.4 is 0 Å². The average Bonchev–Trinajstić information content (AvgIpc) is 2.44. The van der Waals surface area contributed by atoms with E-state index in [0.717, 1.165) is 17.0 Å². The van der Waals surface area contributed by atoms with Crippen LogP contribution >= 0.6 is 11.6 Å². The van der Waals surface area contributed by atoms with Crippen molar-refractivity contribution < 1.29 is 0 Å². The molecule has 2 rings (SSSR count). The summed E-state index contributed by atoms with van der Waals surface area (Å²) in [6.07, 6.45) is 4.66. The molecule has 0 aliphatic heterocycles. The van der Waals surface area contributed by atoms with Gasteiger partial charge in [0.25, 0.3) is 0 Å². The third-order valence-electron chi connectivity index (χ3n) is 2.68. The highest BCUT2D eigenvalue weighted by Gasteiger charge is 2.28. The fraction of sp³-hybridized carbons (Fsp3) is 0.417. The quantitative estimate of drug-likeness (QED) is 0.633. The van der Waals surface area contributed by atoms with Crippen LogP contribution in [0.4, 0.5) is 0 Å². The van der Waals surface area contributed by atoms with Crippen molar-refractivity contribution >= 4 is 16.6 Å². The van der Waals surface area contributed by atoms with E-state index in [0.29, 0.717) is 0 Å². The number of halogens is 1. The minimum absolute atomic E-state index is 0.149. The highest BCUT2D eigenvalue weighted by molar-refractivity contribution is 6.50. The predicted molar refractivity (Wildman–Crippen MR) is 60.2 cm³/mol. The highest BCUT2D eigenvalue weighted by atomic mass is 35.5. The summed E-state index contributed by atoms with van der Waals surface area (Å²) in [4.78, 5) is 4.12. The van der Waals surface area contributed by atoms with Gasteiger partial charge in [0.1, 0.15) is 0 Å². The summed E-state index contributed by atoms with van der Waals surface area (Å²) in [7, 11) is 0. The van der Waals surface area contributed by atoms with Gasteiger partial charge < -0.3 is 0 Å². The fourth-order valence-corrected chi connectivity index (χ4v) is 2.34. The van der Waals surface area contributed by atoms with E-state index in [2.05, 4.69) is 25.8 Å². The molecule has 1 heterocycles. The summed E-state index contributed by atoms with van der Waals surface area (Å²) >= 11 is 6.35. The summed E-state index contributed by atoms with van der Waals surface area (Å²) < 4.78 is 0. The van der Waals surface area contributed by atoms with Gasteiger partial charge in [-0.15, -0.1) is 0 Å². The molecule has 0 spiro atoms. The molecule has 0 unspecified atom stereocenters. The van der Waals surface area contributed by atoms with E-state index in [9.17, 15) is 0 Å². The molecule has 2 heteroatoms. The average molecular weight is 208 g/mol. The molecule has 14 heavy (non-hydrogen) atoms. The Hall–Kier alpha value is -0.820. The SMILES string of the molecule is CC(C)(C)C1=C(Cl)c2ccncc2C1. The van der Waals surface area contributed by atoms with Crippen LogP contribution in [0.5, 0.6) is 0 Å². The van der Waals surface area contributed by atoms with Crippen LogP contribution in [0, 0.1) is 5.41 Å². The van der Waals surface area contributed by atoms with Crippen molar-refractivity contribution in [3.8, 4) is 0 Å². The summed E-state index contributed by atoms with van der Waals surface area (Å²) in [5, 5.41) is 0.926. The molecular weight excluding hydrogens is 194 g/mol. The van der Waals surface area contributed by atoms with Gasteiger partial charge in [-0.25, -0.2) is 0 Å². The first-order valence-electron chi connectivity index (χ1n) is 4.82. The molecule has 1 aliphatic carbocycles. The largest absolute Gasteiger partial charge is 0.264 e. The maximum atomic E-state index is 6.35. The Morgan fingerprint density at radius 2 is 2.07 bits per heavy atom. The number of nitrogens with zero attached hydrogens (tertiary/aromatic N) is 1. The maximum Gasteiger partial charge on any atom is 0.0483 e. The first-order valence-corrected chi connectivity index (χ1v) is 5.20. The Bertz CT molecular complexity index is 399.